The van der Waals surface area contributed by atoms with Gasteiger partial charge < -0.3 is 9.47 Å². The van der Waals surface area contributed by atoms with Gasteiger partial charge in [0.05, 0.1) is 16.4 Å². The molecule has 3 heteroatoms. The number of fused-ring (bicyclic) bond motifs is 11. The minimum absolute atomic E-state index is 0.254. The number of hydrogen-bond donors (Lipinski definition) is 0. The maximum atomic E-state index is 2.55. The molecule has 1 aliphatic heterocycles. The van der Waals surface area contributed by atoms with Gasteiger partial charge in [-0.05, 0) is 173 Å². The summed E-state index contributed by atoms with van der Waals surface area (Å²) in [7, 11) is 0. The van der Waals surface area contributed by atoms with Crippen LogP contribution in [0.2, 0.25) is 0 Å². The number of benzene rings is 8. The van der Waals surface area contributed by atoms with Crippen LogP contribution in [0.15, 0.2) is 198 Å². The molecule has 316 valence electrons. The molecular weight excluding hydrogens is 805 g/mol. The lowest BCUT2D eigenvalue weighted by atomic mass is 9.48. The fourth-order valence-electron chi connectivity index (χ4n) is 14.6. The van der Waals surface area contributed by atoms with Crippen LogP contribution in [0.3, 0.4) is 0 Å². The molecule has 15 rings (SSSR count). The molecule has 4 saturated carbocycles. The molecule has 0 N–H and O–H groups in total. The predicted octanol–water partition coefficient (Wildman–Crippen LogP) is 16.2. The van der Waals surface area contributed by atoms with Gasteiger partial charge in [0, 0.05) is 48.7 Å². The third-order valence-corrected chi connectivity index (χ3v) is 18.0. The molecule has 0 radical (unpaired) electrons. The van der Waals surface area contributed by atoms with Crippen LogP contribution >= 0.6 is 11.8 Å². The van der Waals surface area contributed by atoms with Crippen molar-refractivity contribution in [1.82, 2.24) is 4.57 Å². The van der Waals surface area contributed by atoms with E-state index >= 15 is 0 Å². The summed E-state index contributed by atoms with van der Waals surface area (Å²) in [6.45, 7) is 4.89. The second-order valence-corrected chi connectivity index (χ2v) is 21.8. The summed E-state index contributed by atoms with van der Waals surface area (Å²) < 4.78 is 2.43. The molecule has 1 aromatic heterocycles. The Morgan fingerprint density at radius 3 is 1.49 bits per heavy atom. The van der Waals surface area contributed by atoms with Gasteiger partial charge in [0.1, 0.15) is 0 Å². The van der Waals surface area contributed by atoms with Crippen molar-refractivity contribution in [2.24, 2.45) is 17.8 Å². The molecule has 0 saturated heterocycles. The van der Waals surface area contributed by atoms with Crippen molar-refractivity contribution >= 4 is 50.6 Å². The zero-order chi connectivity index (χ0) is 43.1. The molecule has 9 aromatic rings. The molecule has 0 atom stereocenters. The first-order valence-corrected chi connectivity index (χ1v) is 24.8. The molecule has 0 amide bonds. The summed E-state index contributed by atoms with van der Waals surface area (Å²) in [5.41, 5.74) is 16.7. The molecule has 2 nitrogen and oxygen atoms in total. The van der Waals surface area contributed by atoms with E-state index in [-0.39, 0.29) is 5.41 Å². The van der Waals surface area contributed by atoms with Gasteiger partial charge in [0.2, 0.25) is 0 Å². The molecule has 65 heavy (non-hydrogen) atoms. The molecule has 4 fully saturated rings. The van der Waals surface area contributed by atoms with E-state index in [2.05, 4.69) is 211 Å². The maximum absolute atomic E-state index is 2.55. The van der Waals surface area contributed by atoms with E-state index in [1.807, 2.05) is 11.8 Å². The highest BCUT2D eigenvalue weighted by molar-refractivity contribution is 7.99. The second-order valence-electron chi connectivity index (χ2n) is 20.7. The van der Waals surface area contributed by atoms with Gasteiger partial charge in [0.15, 0.2) is 0 Å². The fourth-order valence-corrected chi connectivity index (χ4v) is 15.8. The van der Waals surface area contributed by atoms with Gasteiger partial charge in [-0.3, -0.25) is 0 Å². The predicted molar refractivity (Wildman–Crippen MR) is 270 cm³/mol. The van der Waals surface area contributed by atoms with E-state index in [0.29, 0.717) is 5.41 Å². The summed E-state index contributed by atoms with van der Waals surface area (Å²) >= 11 is 1.91. The minimum Gasteiger partial charge on any atom is -0.310 e. The quantitative estimate of drug-likeness (QED) is 0.170. The zero-order valence-corrected chi connectivity index (χ0v) is 38.0. The van der Waals surface area contributed by atoms with E-state index in [4.69, 9.17) is 0 Å². The summed E-state index contributed by atoms with van der Waals surface area (Å²) in [6, 6.07) is 72.0. The Labute approximate surface area is 387 Å². The van der Waals surface area contributed by atoms with Crippen molar-refractivity contribution < 1.29 is 0 Å². The average molecular weight is 857 g/mol. The molecular formula is C62H52N2S. The highest BCUT2D eigenvalue weighted by Crippen LogP contribution is 2.63. The number of hydrogen-bond acceptors (Lipinski definition) is 2. The molecule has 5 aliphatic carbocycles. The topological polar surface area (TPSA) is 8.17 Å². The molecule has 1 spiro atoms. The van der Waals surface area contributed by atoms with Gasteiger partial charge in [-0.2, -0.15) is 0 Å². The highest BCUT2D eigenvalue weighted by Gasteiger charge is 2.53. The van der Waals surface area contributed by atoms with E-state index < -0.39 is 5.41 Å². The first-order chi connectivity index (χ1) is 31.9. The molecule has 6 aliphatic rings. The smallest absolute Gasteiger partial charge is 0.0729 e. The normalized spacial score (nSPS) is 22.6. The SMILES string of the molecule is CC1(C)c2ccccc2C2(c3ccccc3Sc3ccccc32)c2ccc(N(c3ccc(-n4c5ccccc5c5ccccc54)cc3)c3ccc(C45CC6CC(CC(C6)C4)C5)cc3)cc21. The van der Waals surface area contributed by atoms with Crippen molar-refractivity contribution in [3.8, 4) is 5.69 Å². The van der Waals surface area contributed by atoms with E-state index in [0.717, 1.165) is 23.4 Å². The van der Waals surface area contributed by atoms with Crippen LogP contribution in [0.5, 0.6) is 0 Å². The lowest BCUT2D eigenvalue weighted by Gasteiger charge is -2.57. The van der Waals surface area contributed by atoms with Crippen LogP contribution in [-0.2, 0) is 16.2 Å². The first kappa shape index (κ1) is 38.0. The first-order valence-electron chi connectivity index (χ1n) is 24.0. The van der Waals surface area contributed by atoms with Crippen molar-refractivity contribution in [2.75, 3.05) is 4.90 Å². The van der Waals surface area contributed by atoms with Crippen LogP contribution in [0.4, 0.5) is 17.1 Å². The van der Waals surface area contributed by atoms with E-state index in [1.54, 1.807) is 5.56 Å². The molecule has 8 aromatic carbocycles. The van der Waals surface area contributed by atoms with Crippen molar-refractivity contribution in [2.45, 2.75) is 78.4 Å². The number of aromatic nitrogens is 1. The number of rotatable bonds is 5. The van der Waals surface area contributed by atoms with Gasteiger partial charge >= 0.3 is 0 Å². The third-order valence-electron chi connectivity index (χ3n) is 16.9. The second kappa shape index (κ2) is 13.9. The van der Waals surface area contributed by atoms with Crippen molar-refractivity contribution in [3.63, 3.8) is 0 Å². The Bertz CT molecular complexity index is 3240. The maximum Gasteiger partial charge on any atom is 0.0729 e. The van der Waals surface area contributed by atoms with Crippen LogP contribution in [0.1, 0.15) is 91.3 Å². The Kier molecular flexibility index (Phi) is 8.11. The van der Waals surface area contributed by atoms with Crippen molar-refractivity contribution in [3.05, 3.63) is 227 Å². The van der Waals surface area contributed by atoms with Crippen LogP contribution in [-0.4, -0.2) is 4.57 Å². The lowest BCUT2D eigenvalue weighted by molar-refractivity contribution is -0.00518. The largest absolute Gasteiger partial charge is 0.310 e. The summed E-state index contributed by atoms with van der Waals surface area (Å²) in [4.78, 5) is 5.20. The number of anilines is 3. The fraction of sp³-hybridized carbons (Fsp3) is 0.226. The van der Waals surface area contributed by atoms with Crippen LogP contribution < -0.4 is 4.90 Å². The summed E-state index contributed by atoms with van der Waals surface area (Å²) in [6.07, 6.45) is 8.52. The van der Waals surface area contributed by atoms with Gasteiger partial charge in [-0.1, -0.05) is 141 Å². The standard InChI is InChI=1S/C62H52N2S/c1-60(2)50-15-5-6-16-51(50)62(53-17-7-11-21-58(53)65-59-22-12-8-18-54(59)62)52-32-31-47(36-55(52)60)63(44-25-23-43(24-26-44)61-37-40-33-41(38-61)35-42(34-40)39-61)45-27-29-46(30-28-45)64-56-19-9-3-13-48(56)49-14-4-10-20-57(49)64/h3-32,36,40-42H,33-35,37-39H2,1-2H3. The Balaban J connectivity index is 0.961. The van der Waals surface area contributed by atoms with Gasteiger partial charge in [-0.25, -0.2) is 0 Å². The monoisotopic (exact) mass is 856 g/mol. The van der Waals surface area contributed by atoms with Gasteiger partial charge in [-0.15, -0.1) is 0 Å². The summed E-state index contributed by atoms with van der Waals surface area (Å²) in [5, 5.41) is 2.57. The molecule has 0 unspecified atom stereocenters. The number of para-hydroxylation sites is 2. The van der Waals surface area contributed by atoms with Crippen LogP contribution in [0, 0.1) is 17.8 Å². The molecule has 2 heterocycles. The third kappa shape index (κ3) is 5.37. The van der Waals surface area contributed by atoms with Crippen LogP contribution in [0.25, 0.3) is 27.5 Å². The van der Waals surface area contributed by atoms with E-state index in [9.17, 15) is 0 Å². The van der Waals surface area contributed by atoms with E-state index in [1.165, 1.54) is 121 Å². The minimum atomic E-state index is -0.452. The zero-order valence-electron chi connectivity index (χ0n) is 37.2. The average Bonchev–Trinajstić information content (AvgIpc) is 3.67. The van der Waals surface area contributed by atoms with Gasteiger partial charge in [0.25, 0.3) is 0 Å². The summed E-state index contributed by atoms with van der Waals surface area (Å²) in [5.74, 6) is 2.75. The number of nitrogens with zero attached hydrogens (tertiary/aromatic N) is 2. The lowest BCUT2D eigenvalue weighted by Crippen LogP contribution is -2.48. The highest BCUT2D eigenvalue weighted by atomic mass is 32.2. The Morgan fingerprint density at radius 2 is 0.908 bits per heavy atom. The Morgan fingerprint density at radius 1 is 0.446 bits per heavy atom. The Hall–Kier alpha value is -6.29. The van der Waals surface area contributed by atoms with Crippen molar-refractivity contribution in [1.29, 1.82) is 0 Å². The molecule has 4 bridgehead atoms.